The predicted octanol–water partition coefficient (Wildman–Crippen LogP) is 3.02. The number of phenolic OH excluding ortho intramolecular Hbond substituents is 1. The Kier molecular flexibility index (Phi) is 22.9. The van der Waals surface area contributed by atoms with Gasteiger partial charge in [-0.25, -0.2) is 0 Å². The number of azo groups is 1. The second-order valence-corrected chi connectivity index (χ2v) is 22.0. The zero-order chi connectivity index (χ0) is 57.9. The number of nitrogens with two attached hydrogens (primary N) is 3. The number of carbonyl (C=O) groups is 8. The summed E-state index contributed by atoms with van der Waals surface area (Å²) in [4.78, 5) is 114. The van der Waals surface area contributed by atoms with Crippen LogP contribution in [0.3, 0.4) is 0 Å². The van der Waals surface area contributed by atoms with E-state index in [4.69, 9.17) is 17.2 Å². The van der Waals surface area contributed by atoms with Gasteiger partial charge < -0.3 is 64.6 Å². The first-order valence-electron chi connectivity index (χ1n) is 25.9. The van der Waals surface area contributed by atoms with Crippen molar-refractivity contribution >= 4 is 91.0 Å². The molecule has 0 saturated carbocycles. The van der Waals surface area contributed by atoms with Crippen LogP contribution in [0.15, 0.2) is 132 Å². The van der Waals surface area contributed by atoms with Crippen molar-refractivity contribution in [2.24, 2.45) is 33.3 Å². The van der Waals surface area contributed by atoms with Crippen molar-refractivity contribution in [3.63, 3.8) is 0 Å². The molecule has 0 bridgehead atoms. The number of nitrogens with zero attached hydrogens (tertiary/aromatic N) is 2. The van der Waals surface area contributed by atoms with Gasteiger partial charge in [0.05, 0.1) is 17.5 Å². The Morgan fingerprint density at radius 2 is 1.31 bits per heavy atom. The Labute approximate surface area is 470 Å². The van der Waals surface area contributed by atoms with Crippen molar-refractivity contribution in [3.8, 4) is 5.75 Å². The lowest BCUT2D eigenvalue weighted by atomic mass is 10.00. The van der Waals surface area contributed by atoms with Crippen LogP contribution in [0.2, 0.25) is 0 Å². The van der Waals surface area contributed by atoms with Gasteiger partial charge in [-0.3, -0.25) is 38.4 Å². The number of aliphatic hydroxyl groups is 1. The number of carbonyl (C=O) groups excluding carboxylic acids is 8. The summed E-state index contributed by atoms with van der Waals surface area (Å²) in [7, 11) is 1.99. The molecule has 1 saturated heterocycles. The summed E-state index contributed by atoms with van der Waals surface area (Å²) >= 11 is 0. The monoisotopic (exact) mass is 1130 g/mol. The van der Waals surface area contributed by atoms with Crippen molar-refractivity contribution in [3.05, 3.63) is 138 Å². The second-order valence-electron chi connectivity index (χ2n) is 19.5. The zero-order valence-corrected chi connectivity index (χ0v) is 46.0. The zero-order valence-electron chi connectivity index (χ0n) is 44.4. The number of nitrogens with one attached hydrogen (secondary N) is 7. The van der Waals surface area contributed by atoms with E-state index in [2.05, 4.69) is 47.4 Å². The average Bonchev–Trinajstić information content (AvgIpc) is 3.48. The van der Waals surface area contributed by atoms with E-state index in [0.717, 1.165) is 32.4 Å². The molecule has 8 amide bonds. The summed E-state index contributed by atoms with van der Waals surface area (Å²) in [5, 5.41) is 49.6. The molecule has 15 N–H and O–H groups in total. The number of primary amides is 1. The van der Waals surface area contributed by atoms with Crippen LogP contribution in [0.1, 0.15) is 68.8 Å². The summed E-state index contributed by atoms with van der Waals surface area (Å²) in [5.41, 5.74) is 20.0. The lowest BCUT2D eigenvalue weighted by molar-refractivity contribution is -0.136. The molecule has 0 spiro atoms. The maximum atomic E-state index is 14.9. The Hall–Kier alpha value is -7.90. The highest BCUT2D eigenvalue weighted by molar-refractivity contribution is 8.76. The maximum Gasteiger partial charge on any atom is 0.247 e. The number of unbranched alkanes of at least 4 members (excludes halogenated alkanes) is 1. The number of aromatic hydroxyl groups is 1. The van der Waals surface area contributed by atoms with Crippen LogP contribution in [0.5, 0.6) is 5.75 Å². The van der Waals surface area contributed by atoms with E-state index in [-0.39, 0.29) is 42.2 Å². The predicted molar refractivity (Wildman–Crippen MR) is 306 cm³/mol. The molecule has 1 fully saturated rings. The van der Waals surface area contributed by atoms with Gasteiger partial charge in [-0.15, -0.1) is 0 Å². The Balaban J connectivity index is 1.42. The van der Waals surface area contributed by atoms with Crippen molar-refractivity contribution in [2.75, 3.05) is 18.1 Å². The number of rotatable bonds is 17. The fourth-order valence-corrected chi connectivity index (χ4v) is 10.7. The third kappa shape index (κ3) is 17.8. The maximum absolute atomic E-state index is 14.9. The van der Waals surface area contributed by atoms with E-state index in [9.17, 15) is 48.6 Å². The first kappa shape index (κ1) is 61.3. The summed E-state index contributed by atoms with van der Waals surface area (Å²) in [5.74, 6) is -8.08. The van der Waals surface area contributed by atoms with Gasteiger partial charge in [0.15, 0.2) is 0 Å². The number of hydrogen-bond donors (Lipinski definition) is 12. The minimum atomic E-state index is -1.56. The quantitative estimate of drug-likeness (QED) is 0.0362. The van der Waals surface area contributed by atoms with Crippen molar-refractivity contribution in [1.29, 1.82) is 0 Å². The van der Waals surface area contributed by atoms with E-state index in [1.54, 1.807) is 80.6 Å². The number of hydrogen-bond acceptors (Lipinski definition) is 16. The first-order chi connectivity index (χ1) is 38.3. The highest BCUT2D eigenvalue weighted by atomic mass is 33.1. The van der Waals surface area contributed by atoms with E-state index in [0.29, 0.717) is 35.3 Å². The average molecular weight is 1130 g/mol. The molecule has 1 aliphatic heterocycles. The smallest absolute Gasteiger partial charge is 0.247 e. The highest BCUT2D eigenvalue weighted by Crippen LogP contribution is 2.26. The molecule has 5 aromatic carbocycles. The Morgan fingerprint density at radius 1 is 0.688 bits per heavy atom. The van der Waals surface area contributed by atoms with Gasteiger partial charge in [-0.1, -0.05) is 114 Å². The fourth-order valence-electron chi connectivity index (χ4n) is 8.40. The number of aliphatic hydroxyl groups excluding tert-OH is 1. The van der Waals surface area contributed by atoms with Gasteiger partial charge in [-0.05, 0) is 109 Å². The van der Waals surface area contributed by atoms with Gasteiger partial charge in [0.25, 0.3) is 0 Å². The van der Waals surface area contributed by atoms with Crippen LogP contribution in [0.25, 0.3) is 10.8 Å². The lowest BCUT2D eigenvalue weighted by Crippen LogP contribution is -2.61. The molecule has 80 heavy (non-hydrogen) atoms. The van der Waals surface area contributed by atoms with Crippen LogP contribution in [-0.4, -0.2) is 118 Å². The number of amides is 8. The van der Waals surface area contributed by atoms with Crippen molar-refractivity contribution in [2.45, 2.75) is 101 Å². The molecule has 0 aromatic heterocycles. The SMILES string of the molecule is CC(C)[C@@H]1NC(=O)[C@H](CCCCN)NC(=O)C(c2ccc(N=Nc3ccccc3)cc2)NC(=O)[C@H](Cc2ccc(O)cc2)NC(=O)[C@@H](NC(=O)C(N)c2ccc3ccccc3c2)CSSC[C@@H](C(=O)N[C@H](C(N)=O)[C@@H](C)O)NC1=O. The molecule has 5 aromatic rings. The first-order valence-corrected chi connectivity index (χ1v) is 28.4. The second kappa shape index (κ2) is 29.9. The van der Waals surface area contributed by atoms with Gasteiger partial charge >= 0.3 is 0 Å². The molecule has 1 aliphatic rings. The van der Waals surface area contributed by atoms with Crippen LogP contribution in [0.4, 0.5) is 11.4 Å². The largest absolute Gasteiger partial charge is 0.508 e. The summed E-state index contributed by atoms with van der Waals surface area (Å²) in [6, 6.07) is 22.4. The number of fused-ring (bicyclic) bond motifs is 1. The Morgan fingerprint density at radius 3 is 1.96 bits per heavy atom. The molecule has 0 radical (unpaired) electrons. The van der Waals surface area contributed by atoms with Crippen LogP contribution < -0.4 is 54.4 Å². The van der Waals surface area contributed by atoms with Crippen molar-refractivity contribution in [1.82, 2.24) is 37.2 Å². The lowest BCUT2D eigenvalue weighted by Gasteiger charge is -2.29. The number of phenols is 1. The summed E-state index contributed by atoms with van der Waals surface area (Å²) in [6.45, 7) is 4.79. The fraction of sp³-hybridized carbons (Fsp3) is 0.357. The summed E-state index contributed by atoms with van der Waals surface area (Å²) < 4.78 is 0. The molecule has 0 aliphatic carbocycles. The standard InChI is InChI=1S/C56H68N12O10S2/c1-31(2)46-55(77)63-44(53(75)65-47(32(3)69)49(59)71)30-80-79-29-43(62-54(76)45(58)37-19-18-34-11-7-8-12-36(34)28-37)52(74)61-42(27-33-16-24-40(70)25-17-33)51(73)66-48(56(78)60-41(50(72)64-46)15-9-10-26-57)35-20-22-39(23-21-35)68-67-38-13-5-4-6-14-38/h4-8,11-14,16-25,28,31-32,41-48,69-70H,9-10,15,26-27,29-30,57-58H2,1-3H3,(H2,59,71)(H,60,78)(H,61,74)(H,62,76)(H,63,77)(H,64,72)(H,65,75)(H,66,73)/t32-,41+,42+,43+,44+,45?,46+,47+,48?/m1/s1. The highest BCUT2D eigenvalue weighted by Gasteiger charge is 2.37. The van der Waals surface area contributed by atoms with E-state index < -0.39 is 108 Å². The van der Waals surface area contributed by atoms with Crippen LogP contribution >= 0.6 is 21.6 Å². The molecule has 9 atom stereocenters. The third-order valence-corrected chi connectivity index (χ3v) is 15.4. The van der Waals surface area contributed by atoms with Crippen LogP contribution in [0, 0.1) is 5.92 Å². The molecule has 1 heterocycles. The normalized spacial score (nSPS) is 21.2. The van der Waals surface area contributed by atoms with Gasteiger partial charge in [0, 0.05) is 17.9 Å². The van der Waals surface area contributed by atoms with E-state index in [1.807, 2.05) is 30.3 Å². The van der Waals surface area contributed by atoms with Crippen molar-refractivity contribution < 1.29 is 48.6 Å². The minimum Gasteiger partial charge on any atom is -0.508 e. The van der Waals surface area contributed by atoms with E-state index in [1.165, 1.54) is 31.2 Å². The van der Waals surface area contributed by atoms with Gasteiger partial charge in [0.2, 0.25) is 47.3 Å². The van der Waals surface area contributed by atoms with Gasteiger partial charge in [0.1, 0.15) is 54.1 Å². The summed E-state index contributed by atoms with van der Waals surface area (Å²) in [6.07, 6.45) is -0.799. The number of benzene rings is 5. The van der Waals surface area contributed by atoms with E-state index >= 15 is 0 Å². The third-order valence-electron chi connectivity index (χ3n) is 13.0. The molecule has 6 rings (SSSR count). The van der Waals surface area contributed by atoms with Gasteiger partial charge in [-0.2, -0.15) is 10.2 Å². The minimum absolute atomic E-state index is 0.0323. The molecule has 24 heteroatoms. The molecule has 424 valence electrons. The molecular weight excluding hydrogens is 1060 g/mol. The Bertz CT molecular complexity index is 2990. The molecular formula is C56H68N12O10S2. The van der Waals surface area contributed by atoms with Crippen LogP contribution in [-0.2, 0) is 44.8 Å². The molecule has 2 unspecified atom stereocenters. The topological polar surface area (TPSA) is 364 Å². The molecule has 22 nitrogen and oxygen atoms in total.